The highest BCUT2D eigenvalue weighted by Gasteiger charge is 2.61. The van der Waals surface area contributed by atoms with Crippen LogP contribution in [-0.2, 0) is 31.1 Å². The van der Waals surface area contributed by atoms with Gasteiger partial charge in [-0.3, -0.25) is 13.6 Å². The summed E-state index contributed by atoms with van der Waals surface area (Å²) in [5.41, 5.74) is 1.32. The number of hydrogen-bond acceptors (Lipinski definition) is 4. The molecular formula is C54H18Br9Cl18O4P. The first-order valence-corrected chi connectivity index (χ1v) is 38.3. The van der Waals surface area contributed by atoms with E-state index in [4.69, 9.17) is 222 Å². The third-order valence-corrected chi connectivity index (χ3v) is 26.8. The first kappa shape index (κ1) is 73.7. The number of rotatable bonds is 12. The van der Waals surface area contributed by atoms with Crippen molar-refractivity contribution in [2.75, 3.05) is 0 Å². The second-order valence-corrected chi connectivity index (χ2v) is 36.4. The molecule has 4 nitrogen and oxygen atoms in total. The van der Waals surface area contributed by atoms with Crippen molar-refractivity contribution in [2.45, 2.75) is 31.3 Å². The predicted molar refractivity (Wildman–Crippen MR) is 401 cm³/mol. The van der Waals surface area contributed by atoms with Gasteiger partial charge in [-0.05, 0) is 91.0 Å². The van der Waals surface area contributed by atoms with Crippen molar-refractivity contribution in [3.63, 3.8) is 0 Å². The van der Waals surface area contributed by atoms with Crippen molar-refractivity contribution in [3.05, 3.63) is 242 Å². The van der Waals surface area contributed by atoms with E-state index >= 15 is 4.57 Å². The molecule has 3 aliphatic rings. The van der Waals surface area contributed by atoms with Gasteiger partial charge in [0.05, 0.1) is 30.1 Å². The van der Waals surface area contributed by atoms with E-state index in [1.165, 1.54) is 72.8 Å². The van der Waals surface area contributed by atoms with Crippen LogP contribution in [0.25, 0.3) is 16.7 Å². The van der Waals surface area contributed by atoms with Crippen LogP contribution in [0.1, 0.15) is 33.4 Å². The van der Waals surface area contributed by atoms with Gasteiger partial charge >= 0.3 is 7.82 Å². The minimum absolute atomic E-state index is 0.0348. The molecule has 0 heterocycles. The maximum Gasteiger partial charge on any atom is 0.476 e. The molecule has 32 heteroatoms. The Morgan fingerprint density at radius 3 is 0.640 bits per heavy atom. The quantitative estimate of drug-likeness (QED) is 0.0905. The number of allylic oxidation sites excluding steroid dienone is 6. The number of benzene rings is 6. The maximum atomic E-state index is 18.0. The lowest BCUT2D eigenvalue weighted by molar-refractivity contribution is 0.0459. The van der Waals surface area contributed by atoms with Gasteiger partial charge in [-0.15, -0.1) is 0 Å². The van der Waals surface area contributed by atoms with Crippen LogP contribution < -0.4 is 0 Å². The van der Waals surface area contributed by atoms with Gasteiger partial charge in [0.2, 0.25) is 0 Å². The summed E-state index contributed by atoms with van der Waals surface area (Å²) in [6.45, 7) is 0. The second-order valence-electron chi connectivity index (χ2n) is 18.3. The monoisotopic (exact) mass is 2100 g/mol. The fraction of sp³-hybridized carbons (Fsp3) is 0.111. The van der Waals surface area contributed by atoms with E-state index in [-0.39, 0.29) is 154 Å². The molecule has 6 unspecified atom stereocenters. The number of hydrogen-bond donors (Lipinski definition) is 0. The highest BCUT2D eigenvalue weighted by molar-refractivity contribution is 9.13. The molecule has 0 saturated heterocycles. The minimum atomic E-state index is -5.78. The predicted octanol–water partition coefficient (Wildman–Crippen LogP) is 31.2. The number of halogens is 27. The molecule has 6 aromatic carbocycles. The molecule has 0 amide bonds. The summed E-state index contributed by atoms with van der Waals surface area (Å²) < 4.78 is 35.2. The topological polar surface area (TPSA) is 44.8 Å². The summed E-state index contributed by atoms with van der Waals surface area (Å²) in [6.07, 6.45) is -0.430. The molecule has 0 saturated carbocycles. The SMILES string of the molecule is O=P(OC1C(Br)=CC(Br)=C(c2c(Cl)cc(Cl)cc2Cl)C1(Br)c1c(Cl)cc(Cl)cc1Cl)(OC1C(Br)=CC(Br)=C(c2c(Cl)cc(Cl)cc2Cl)C1(Br)c1c(Cl)cc(Cl)cc1Cl)OC1C(Br)=CC(Br)=C(c2c(Cl)cc(Cl)cc2Cl)C1(Br)c1c(Cl)cc(Cl)cc1Cl. The molecule has 9 rings (SSSR count). The summed E-state index contributed by atoms with van der Waals surface area (Å²) in [5, 5.41) is 1.05. The molecule has 0 aliphatic heterocycles. The van der Waals surface area contributed by atoms with Crippen LogP contribution in [-0.4, -0.2) is 18.3 Å². The molecular weight excluding hydrogens is 2100 g/mol. The molecule has 0 radical (unpaired) electrons. The van der Waals surface area contributed by atoms with E-state index in [1.54, 1.807) is 18.2 Å². The third kappa shape index (κ3) is 13.9. The Morgan fingerprint density at radius 1 is 0.302 bits per heavy atom. The lowest BCUT2D eigenvalue weighted by Gasteiger charge is -2.47. The Morgan fingerprint density at radius 2 is 0.465 bits per heavy atom. The largest absolute Gasteiger partial charge is 0.476 e. The molecule has 6 aromatic rings. The molecule has 6 atom stereocenters. The summed E-state index contributed by atoms with van der Waals surface area (Å²) in [7, 11) is -5.78. The van der Waals surface area contributed by atoms with Crippen molar-refractivity contribution in [3.8, 4) is 0 Å². The van der Waals surface area contributed by atoms with E-state index in [0.717, 1.165) is 0 Å². The van der Waals surface area contributed by atoms with E-state index in [0.29, 0.717) is 13.4 Å². The zero-order valence-corrected chi connectivity index (χ0v) is 69.5. The number of phosphoric ester groups is 1. The van der Waals surface area contributed by atoms with Crippen LogP contribution in [0.2, 0.25) is 90.4 Å². The Bertz CT molecular complexity index is 3650. The van der Waals surface area contributed by atoms with Gasteiger partial charge in [-0.2, -0.15) is 0 Å². The highest BCUT2D eigenvalue weighted by atomic mass is 79.9. The maximum absolute atomic E-state index is 18.0. The van der Waals surface area contributed by atoms with Crippen LogP contribution >= 0.6 is 360 Å². The van der Waals surface area contributed by atoms with Crippen LogP contribution in [0, 0.1) is 0 Å². The van der Waals surface area contributed by atoms with E-state index in [9.17, 15) is 0 Å². The van der Waals surface area contributed by atoms with Crippen LogP contribution in [0.15, 0.2) is 118 Å². The Hall–Kier alpha value is 3.41. The number of alkyl halides is 3. The lowest BCUT2D eigenvalue weighted by Crippen LogP contribution is -2.44. The van der Waals surface area contributed by atoms with E-state index in [1.807, 2.05) is 0 Å². The molecule has 0 aromatic heterocycles. The van der Waals surface area contributed by atoms with Gasteiger partial charge in [0.1, 0.15) is 31.3 Å². The molecule has 86 heavy (non-hydrogen) atoms. The normalized spacial score (nSPS) is 23.4. The van der Waals surface area contributed by atoms with Crippen molar-refractivity contribution < 1.29 is 18.1 Å². The molecule has 0 spiro atoms. The molecule has 452 valence electrons. The van der Waals surface area contributed by atoms with Crippen molar-refractivity contribution >= 4 is 377 Å². The molecule has 3 aliphatic carbocycles. The summed E-state index contributed by atoms with van der Waals surface area (Å²) in [4.78, 5) is 0. The van der Waals surface area contributed by atoms with Crippen LogP contribution in [0.3, 0.4) is 0 Å². The summed E-state index contributed by atoms with van der Waals surface area (Å²) in [5.74, 6) is 0. The third-order valence-electron chi connectivity index (χ3n) is 13.0. The lowest BCUT2D eigenvalue weighted by atomic mass is 9.79. The van der Waals surface area contributed by atoms with E-state index in [2.05, 4.69) is 143 Å². The van der Waals surface area contributed by atoms with Gasteiger partial charge in [0.25, 0.3) is 0 Å². The van der Waals surface area contributed by atoms with Gasteiger partial charge in [-0.25, -0.2) is 4.57 Å². The van der Waals surface area contributed by atoms with Gasteiger partial charge < -0.3 is 0 Å². The van der Waals surface area contributed by atoms with Gasteiger partial charge in [0.15, 0.2) is 0 Å². The standard InChI is InChI=1S/C54H18Br9Cl18O4P/c55-22-13-25(58)49(52(61,46-34(76)7-19(67)8-35(46)77)43(22)40-28(70)1-16(64)2-29(40)71)83-86(82,84-50-26(59)14-23(56)44(41-30(72)3-17(65)4-31(41)73)53(50,62)47-36(78)9-20(68)10-37(47)79)85-51-27(60)15-24(57)45(42-32(74)5-18(66)6-33(42)75)54(51,63)48-38(80)11-21(69)12-39(48)81/h1-15,49-51H. The average Bonchev–Trinajstić information content (AvgIpc) is 0.763. The molecule has 0 bridgehead atoms. The summed E-state index contributed by atoms with van der Waals surface area (Å²) >= 11 is 161. The second kappa shape index (κ2) is 28.7. The first-order chi connectivity index (χ1) is 40.0. The minimum Gasteiger partial charge on any atom is -0.276 e. The summed E-state index contributed by atoms with van der Waals surface area (Å²) in [6, 6.07) is 17.4. The molecule has 0 N–H and O–H groups in total. The first-order valence-electron chi connectivity index (χ1n) is 22.9. The van der Waals surface area contributed by atoms with Gasteiger partial charge in [-0.1, -0.05) is 352 Å². The Kier molecular flexibility index (Phi) is 24.6. The van der Waals surface area contributed by atoms with Crippen LogP contribution in [0.5, 0.6) is 0 Å². The smallest absolute Gasteiger partial charge is 0.276 e. The van der Waals surface area contributed by atoms with Gasteiger partial charge in [0, 0.05) is 137 Å². The zero-order valence-electron chi connectivity index (χ0n) is 40.7. The van der Waals surface area contributed by atoms with Crippen molar-refractivity contribution in [1.29, 1.82) is 0 Å². The van der Waals surface area contributed by atoms with Crippen molar-refractivity contribution in [2.24, 2.45) is 0 Å². The fourth-order valence-corrected chi connectivity index (χ4v) is 29.9. The van der Waals surface area contributed by atoms with Crippen LogP contribution in [0.4, 0.5) is 0 Å². The Balaban J connectivity index is 1.41. The Labute approximate surface area is 657 Å². The number of phosphoric acid groups is 1. The average molecular weight is 2120 g/mol. The van der Waals surface area contributed by atoms with E-state index < -0.39 is 39.1 Å². The fourth-order valence-electron chi connectivity index (χ4n) is 9.81. The van der Waals surface area contributed by atoms with Crippen molar-refractivity contribution in [1.82, 2.24) is 0 Å². The zero-order chi connectivity index (χ0) is 63.5. The molecule has 0 fully saturated rings. The highest BCUT2D eigenvalue weighted by Crippen LogP contribution is 2.72.